The summed E-state index contributed by atoms with van der Waals surface area (Å²) in [5, 5.41) is 6.99. The maximum absolute atomic E-state index is 12.9. The van der Waals surface area contributed by atoms with E-state index in [0.29, 0.717) is 18.7 Å². The summed E-state index contributed by atoms with van der Waals surface area (Å²) in [5.41, 5.74) is 1.47. The second kappa shape index (κ2) is 4.75. The highest BCUT2D eigenvalue weighted by molar-refractivity contribution is 6.14. The van der Waals surface area contributed by atoms with E-state index in [4.69, 9.17) is 11.8 Å². The Morgan fingerprint density at radius 2 is 2.13 bits per heavy atom. The second-order valence-electron chi connectivity index (χ2n) is 5.56. The van der Waals surface area contributed by atoms with Crippen LogP contribution in [0.4, 0.5) is 13.2 Å². The van der Waals surface area contributed by atoms with Gasteiger partial charge in [0.2, 0.25) is 17.9 Å². The molecule has 0 aromatic carbocycles. The van der Waals surface area contributed by atoms with Gasteiger partial charge < -0.3 is 4.57 Å². The summed E-state index contributed by atoms with van der Waals surface area (Å²) in [4.78, 5) is 8.44. The molecule has 3 aliphatic heterocycles. The molecule has 4 heterocycles. The second-order valence-corrected chi connectivity index (χ2v) is 6.12. The quantitative estimate of drug-likeness (QED) is 0.736. The fraction of sp³-hybridized carbons (Fsp3) is 0.385. The Morgan fingerprint density at radius 3 is 2.91 bits per heavy atom. The summed E-state index contributed by atoms with van der Waals surface area (Å²) in [6.07, 6.45) is 2.84. The molecule has 0 saturated carbocycles. The number of fused-ring (bicyclic) bond motifs is 2. The topological polar surface area (TPSA) is 55.4 Å². The van der Waals surface area contributed by atoms with Gasteiger partial charge in [0.25, 0.3) is 0 Å². The maximum atomic E-state index is 12.9. The minimum absolute atomic E-state index is 0.0595. The van der Waals surface area contributed by atoms with Gasteiger partial charge in [-0.2, -0.15) is 18.2 Å². The fourth-order valence-electron chi connectivity index (χ4n) is 3.06. The zero-order chi connectivity index (χ0) is 16.2. The summed E-state index contributed by atoms with van der Waals surface area (Å²) >= 11 is 6.42. The van der Waals surface area contributed by atoms with Crippen molar-refractivity contribution in [3.63, 3.8) is 0 Å². The molecule has 0 fully saturated rings. The van der Waals surface area contributed by atoms with E-state index in [1.165, 1.54) is 0 Å². The predicted molar refractivity (Wildman–Crippen MR) is 76.1 cm³/mol. The molecular formula is C13H11ClF3N6+. The monoisotopic (exact) mass is 343 g/mol. The first kappa shape index (κ1) is 14.6. The zero-order valence-corrected chi connectivity index (χ0v) is 12.5. The van der Waals surface area contributed by atoms with Crippen LogP contribution >= 0.6 is 11.8 Å². The van der Waals surface area contributed by atoms with E-state index >= 15 is 0 Å². The van der Waals surface area contributed by atoms with Crippen LogP contribution in [0.25, 0.3) is 0 Å². The molecule has 1 aromatic heterocycles. The lowest BCUT2D eigenvalue weighted by Gasteiger charge is -2.24. The molecule has 0 spiro atoms. The van der Waals surface area contributed by atoms with Crippen LogP contribution < -0.4 is 0 Å². The van der Waals surface area contributed by atoms with E-state index < -0.39 is 12.0 Å². The Hall–Kier alpha value is -2.00. The molecule has 6 nitrogen and oxygen atoms in total. The largest absolute Gasteiger partial charge is 0.451 e. The lowest BCUT2D eigenvalue weighted by atomic mass is 9.93. The Balaban J connectivity index is 1.67. The molecule has 1 aromatic rings. The molecule has 120 valence electrons. The predicted octanol–water partition coefficient (Wildman–Crippen LogP) is 2.64. The zero-order valence-electron chi connectivity index (χ0n) is 11.7. The molecule has 3 aliphatic rings. The summed E-state index contributed by atoms with van der Waals surface area (Å²) in [7, 11) is 0. The number of rotatable bonds is 1. The van der Waals surface area contributed by atoms with Gasteiger partial charge in [-0.15, -0.1) is 14.2 Å². The average molecular weight is 344 g/mol. The van der Waals surface area contributed by atoms with Gasteiger partial charge in [0.05, 0.1) is 12.4 Å². The Bertz CT molecular complexity index is 790. The molecule has 0 bridgehead atoms. The molecule has 0 saturated heterocycles. The van der Waals surface area contributed by atoms with E-state index in [2.05, 4.69) is 20.2 Å². The molecule has 23 heavy (non-hydrogen) atoms. The highest BCUT2D eigenvalue weighted by Crippen LogP contribution is 2.39. The van der Waals surface area contributed by atoms with Crippen molar-refractivity contribution in [3.8, 4) is 0 Å². The van der Waals surface area contributed by atoms with E-state index in [-0.39, 0.29) is 16.5 Å². The van der Waals surface area contributed by atoms with Crippen molar-refractivity contribution < 1.29 is 17.2 Å². The molecule has 0 aliphatic carbocycles. The van der Waals surface area contributed by atoms with Crippen molar-refractivity contribution in [2.75, 3.05) is 0 Å². The van der Waals surface area contributed by atoms with Crippen LogP contribution in [-0.2, 0) is 19.1 Å². The summed E-state index contributed by atoms with van der Waals surface area (Å²) in [5.74, 6) is -0.682. The van der Waals surface area contributed by atoms with E-state index in [0.717, 1.165) is 16.0 Å². The van der Waals surface area contributed by atoms with Crippen LogP contribution in [0.15, 0.2) is 33.8 Å². The van der Waals surface area contributed by atoms with Crippen LogP contribution in [0.3, 0.4) is 0 Å². The van der Waals surface area contributed by atoms with Gasteiger partial charge in [0.1, 0.15) is 17.7 Å². The highest BCUT2D eigenvalue weighted by atomic mass is 35.5. The maximum Gasteiger partial charge on any atom is 0.451 e. The Morgan fingerprint density at radius 1 is 1.30 bits per heavy atom. The first-order valence-corrected chi connectivity index (χ1v) is 7.30. The van der Waals surface area contributed by atoms with E-state index in [1.807, 2.05) is 0 Å². The average Bonchev–Trinajstić information content (AvgIpc) is 3.06. The van der Waals surface area contributed by atoms with Crippen LogP contribution in [-0.4, -0.2) is 31.3 Å². The van der Waals surface area contributed by atoms with Crippen molar-refractivity contribution in [1.29, 1.82) is 0 Å². The standard InChI is InChI=1S/C13H11ClF3N6/c14-23-4-2-18-6-9(23)11(19-7-23)8-1-3-22-10(5-8)20-21-12(22)13(15,16)17/h2,4,6-8H,1,3,5H2/q+1. The third-order valence-corrected chi connectivity index (χ3v) is 4.54. The minimum atomic E-state index is -4.49. The lowest BCUT2D eigenvalue weighted by molar-refractivity contribution is -0.592. The van der Waals surface area contributed by atoms with Gasteiger partial charge in [-0.05, 0) is 6.42 Å². The van der Waals surface area contributed by atoms with Gasteiger partial charge in [-0.1, -0.05) is 0 Å². The smallest absolute Gasteiger partial charge is 0.307 e. The molecule has 4 rings (SSSR count). The fourth-order valence-corrected chi connectivity index (χ4v) is 3.28. The van der Waals surface area contributed by atoms with Crippen LogP contribution in [0.2, 0.25) is 0 Å². The summed E-state index contributed by atoms with van der Waals surface area (Å²) in [6, 6.07) is 0. The molecule has 0 N–H and O–H groups in total. The molecule has 0 radical (unpaired) electrons. The summed E-state index contributed by atoms with van der Waals surface area (Å²) < 4.78 is 39.7. The summed E-state index contributed by atoms with van der Waals surface area (Å²) in [6.45, 7) is 0.198. The van der Waals surface area contributed by atoms with Gasteiger partial charge in [0.15, 0.2) is 11.8 Å². The third kappa shape index (κ3) is 2.22. The molecule has 2 unspecified atom stereocenters. The van der Waals surface area contributed by atoms with E-state index in [1.54, 1.807) is 25.0 Å². The van der Waals surface area contributed by atoms with E-state index in [9.17, 15) is 13.2 Å². The van der Waals surface area contributed by atoms with Crippen LogP contribution in [0.1, 0.15) is 18.1 Å². The third-order valence-electron chi connectivity index (χ3n) is 4.16. The minimum Gasteiger partial charge on any atom is -0.307 e. The molecular weight excluding hydrogens is 333 g/mol. The van der Waals surface area contributed by atoms with Gasteiger partial charge in [0, 0.05) is 18.9 Å². The highest BCUT2D eigenvalue weighted by Gasteiger charge is 2.43. The SMILES string of the molecule is FC(F)(F)c1nnc2n1CCC(C1=C3C=NC=C[N+]3(Cl)C=N1)C2. The van der Waals surface area contributed by atoms with Crippen molar-refractivity contribution in [1.82, 2.24) is 14.8 Å². The number of hydrogen-bond donors (Lipinski definition) is 0. The van der Waals surface area contributed by atoms with Gasteiger partial charge >= 0.3 is 6.18 Å². The normalized spacial score (nSPS) is 29.1. The number of aromatic nitrogens is 3. The molecule has 10 heteroatoms. The number of halogens is 4. The van der Waals surface area contributed by atoms with Crippen LogP contribution in [0.5, 0.6) is 0 Å². The Kier molecular flexibility index (Phi) is 3.01. The van der Waals surface area contributed by atoms with Crippen molar-refractivity contribution in [2.45, 2.75) is 25.6 Å². The van der Waals surface area contributed by atoms with Crippen LogP contribution in [0, 0.1) is 5.92 Å². The number of aliphatic imine (C=N–C) groups is 2. The molecule has 2 atom stereocenters. The van der Waals surface area contributed by atoms with Crippen molar-refractivity contribution >= 4 is 24.3 Å². The lowest BCUT2D eigenvalue weighted by Crippen LogP contribution is -2.30. The Labute approximate surface area is 134 Å². The first-order chi connectivity index (χ1) is 10.9. The molecule has 0 amide bonds. The number of allylic oxidation sites excluding steroid dienone is 2. The van der Waals surface area contributed by atoms with Crippen molar-refractivity contribution in [3.05, 3.63) is 35.4 Å². The number of hydrogen-bond acceptors (Lipinski definition) is 4. The number of nitrogens with zero attached hydrogens (tertiary/aromatic N) is 6. The first-order valence-electron chi connectivity index (χ1n) is 6.97. The van der Waals surface area contributed by atoms with Crippen molar-refractivity contribution in [2.24, 2.45) is 15.9 Å². The van der Waals surface area contributed by atoms with Gasteiger partial charge in [-0.3, -0.25) is 4.99 Å². The van der Waals surface area contributed by atoms with Gasteiger partial charge in [-0.25, -0.2) is 0 Å². The number of quaternary nitrogens is 1. The number of alkyl halides is 3.